The fraction of sp³-hybridized carbons (Fsp3) is 0.160. The molecule has 0 saturated heterocycles. The zero-order valence-corrected chi connectivity index (χ0v) is 17.0. The molecule has 5 heteroatoms. The molecule has 0 atom stereocenters. The third kappa shape index (κ3) is 5.77. The van der Waals surface area contributed by atoms with Crippen LogP contribution in [0.25, 0.3) is 21.5 Å². The number of halogens is 2. The number of allylic oxidation sites excluding steroid dienone is 1. The standard InChI is InChI=1S/2C10H8FN.C5H7N/c1-7-4-9-6-12-3-2-8(9)5-10(7)11;1-7-4-8-2-3-12-6-9(8)5-10(7)11;1-2-4-6-5-3-1/h2*2-6H,1H3;2,4-5H,1,3H2. The number of fused-ring (bicyclic) bond motifs is 2. The molecule has 3 heterocycles. The number of pyridine rings is 2. The van der Waals surface area contributed by atoms with E-state index in [1.54, 1.807) is 50.8 Å². The number of benzene rings is 2. The number of rotatable bonds is 0. The topological polar surface area (TPSA) is 38.1 Å². The molecule has 152 valence electrons. The fourth-order valence-electron chi connectivity index (χ4n) is 2.89. The third-order valence-electron chi connectivity index (χ3n) is 4.60. The van der Waals surface area contributed by atoms with E-state index in [1.165, 1.54) is 18.6 Å². The number of hydrogen-bond acceptors (Lipinski definition) is 3. The first-order valence-corrected chi connectivity index (χ1v) is 9.71. The Kier molecular flexibility index (Phi) is 7.33. The second-order valence-corrected chi connectivity index (χ2v) is 6.94. The Labute approximate surface area is 174 Å². The second kappa shape index (κ2) is 10.3. The van der Waals surface area contributed by atoms with Crippen molar-refractivity contribution in [2.75, 3.05) is 0 Å². The summed E-state index contributed by atoms with van der Waals surface area (Å²) in [4.78, 5) is 11.7. The molecule has 0 aliphatic carbocycles. The maximum absolute atomic E-state index is 13.0. The first-order valence-electron chi connectivity index (χ1n) is 9.71. The molecule has 30 heavy (non-hydrogen) atoms. The number of aryl methyl sites for hydroxylation is 2. The molecule has 0 saturated carbocycles. The van der Waals surface area contributed by atoms with E-state index in [1.807, 2.05) is 24.5 Å². The van der Waals surface area contributed by atoms with Crippen molar-refractivity contribution in [3.8, 4) is 0 Å². The van der Waals surface area contributed by atoms with Crippen LogP contribution in [0.1, 0.15) is 24.0 Å². The van der Waals surface area contributed by atoms with E-state index in [9.17, 15) is 8.78 Å². The van der Waals surface area contributed by atoms with Crippen LogP contribution in [0.5, 0.6) is 0 Å². The molecule has 2 aromatic carbocycles. The molecule has 4 aromatic rings. The van der Waals surface area contributed by atoms with Crippen molar-refractivity contribution in [2.24, 2.45) is 4.99 Å². The van der Waals surface area contributed by atoms with Gasteiger partial charge in [-0.3, -0.25) is 15.0 Å². The molecule has 0 N–H and O–H groups in total. The van der Waals surface area contributed by atoms with Gasteiger partial charge < -0.3 is 0 Å². The van der Waals surface area contributed by atoms with Crippen molar-refractivity contribution >= 4 is 27.8 Å². The molecule has 0 unspecified atom stereocenters. The Morgan fingerprint density at radius 3 is 1.73 bits per heavy atom. The third-order valence-corrected chi connectivity index (χ3v) is 4.60. The zero-order chi connectivity index (χ0) is 21.3. The van der Waals surface area contributed by atoms with Crippen LogP contribution in [-0.4, -0.2) is 16.2 Å². The van der Waals surface area contributed by atoms with Gasteiger partial charge in [0.15, 0.2) is 0 Å². The average molecular weight is 403 g/mol. The summed E-state index contributed by atoms with van der Waals surface area (Å²) in [6.45, 7) is 3.51. The van der Waals surface area contributed by atoms with Gasteiger partial charge in [0.2, 0.25) is 0 Å². The molecule has 3 nitrogen and oxygen atoms in total. The summed E-state index contributed by atoms with van der Waals surface area (Å²) in [6, 6.07) is 10.4. The van der Waals surface area contributed by atoms with Crippen LogP contribution < -0.4 is 0 Å². The van der Waals surface area contributed by atoms with Crippen molar-refractivity contribution in [1.29, 1.82) is 0 Å². The first-order chi connectivity index (χ1) is 14.5. The van der Waals surface area contributed by atoms with Gasteiger partial charge in [-0.05, 0) is 85.0 Å². The summed E-state index contributed by atoms with van der Waals surface area (Å²) in [5.74, 6) is -0.329. The summed E-state index contributed by atoms with van der Waals surface area (Å²) in [5, 5.41) is 3.76. The van der Waals surface area contributed by atoms with Gasteiger partial charge in [-0.1, -0.05) is 6.08 Å². The predicted octanol–water partition coefficient (Wildman–Crippen LogP) is 6.73. The molecule has 0 radical (unpaired) electrons. The highest BCUT2D eigenvalue weighted by Crippen LogP contribution is 2.17. The smallest absolute Gasteiger partial charge is 0.126 e. The minimum Gasteiger partial charge on any atom is -0.269 e. The van der Waals surface area contributed by atoms with Gasteiger partial charge in [0, 0.05) is 48.0 Å². The molecule has 0 spiro atoms. The van der Waals surface area contributed by atoms with Gasteiger partial charge in [0.1, 0.15) is 11.6 Å². The Hall–Kier alpha value is -3.47. The summed E-state index contributed by atoms with van der Waals surface area (Å²) in [5.41, 5.74) is 1.34. The van der Waals surface area contributed by atoms with Crippen molar-refractivity contribution in [1.82, 2.24) is 9.97 Å². The molecule has 2 aromatic heterocycles. The van der Waals surface area contributed by atoms with E-state index in [-0.39, 0.29) is 11.6 Å². The molecule has 0 bridgehead atoms. The molecule has 0 amide bonds. The molecular formula is C25H23F2N3. The van der Waals surface area contributed by atoms with Crippen molar-refractivity contribution in [2.45, 2.75) is 26.7 Å². The van der Waals surface area contributed by atoms with E-state index in [0.29, 0.717) is 11.1 Å². The van der Waals surface area contributed by atoms with E-state index in [4.69, 9.17) is 0 Å². The molecule has 5 rings (SSSR count). The first kappa shape index (κ1) is 21.2. The van der Waals surface area contributed by atoms with Gasteiger partial charge in [-0.2, -0.15) is 0 Å². The van der Waals surface area contributed by atoms with E-state index in [0.717, 1.165) is 28.0 Å². The van der Waals surface area contributed by atoms with Gasteiger partial charge in [0.05, 0.1) is 0 Å². The van der Waals surface area contributed by atoms with Gasteiger partial charge in [-0.15, -0.1) is 0 Å². The lowest BCUT2D eigenvalue weighted by molar-refractivity contribution is 0.620. The number of nitrogens with zero attached hydrogens (tertiary/aromatic N) is 3. The summed E-state index contributed by atoms with van der Waals surface area (Å²) < 4.78 is 26.0. The maximum Gasteiger partial charge on any atom is 0.126 e. The van der Waals surface area contributed by atoms with Crippen LogP contribution in [0, 0.1) is 25.5 Å². The van der Waals surface area contributed by atoms with Crippen LogP contribution >= 0.6 is 0 Å². The van der Waals surface area contributed by atoms with Crippen LogP contribution in [0.2, 0.25) is 0 Å². The quantitative estimate of drug-likeness (QED) is 0.326. The Bertz CT molecular complexity index is 1020. The highest BCUT2D eigenvalue weighted by atomic mass is 19.1. The molecule has 0 fully saturated rings. The highest BCUT2D eigenvalue weighted by Gasteiger charge is 2.00. The fourth-order valence-corrected chi connectivity index (χ4v) is 2.89. The molecule has 1 aliphatic rings. The van der Waals surface area contributed by atoms with Gasteiger partial charge >= 0.3 is 0 Å². The highest BCUT2D eigenvalue weighted by molar-refractivity contribution is 5.82. The number of aliphatic imine (C=N–C) groups is 1. The van der Waals surface area contributed by atoms with Crippen LogP contribution in [0.3, 0.4) is 0 Å². The largest absolute Gasteiger partial charge is 0.269 e. The molecular weight excluding hydrogens is 380 g/mol. The van der Waals surface area contributed by atoms with E-state index < -0.39 is 0 Å². The summed E-state index contributed by atoms with van der Waals surface area (Å²) in [7, 11) is 0. The second-order valence-electron chi connectivity index (χ2n) is 6.94. The lowest BCUT2D eigenvalue weighted by Crippen LogP contribution is -1.83. The van der Waals surface area contributed by atoms with Crippen molar-refractivity contribution in [3.05, 3.63) is 96.2 Å². The summed E-state index contributed by atoms with van der Waals surface area (Å²) in [6.07, 6.45) is 14.9. The zero-order valence-electron chi connectivity index (χ0n) is 17.0. The summed E-state index contributed by atoms with van der Waals surface area (Å²) >= 11 is 0. The lowest BCUT2D eigenvalue weighted by atomic mass is 10.1. The van der Waals surface area contributed by atoms with E-state index >= 15 is 0 Å². The Morgan fingerprint density at radius 1 is 0.700 bits per heavy atom. The Morgan fingerprint density at radius 2 is 1.23 bits per heavy atom. The normalized spacial score (nSPS) is 12.1. The number of hydrogen-bond donors (Lipinski definition) is 0. The Balaban J connectivity index is 0.000000136. The average Bonchev–Trinajstić information content (AvgIpc) is 2.77. The van der Waals surface area contributed by atoms with Gasteiger partial charge in [0.25, 0.3) is 0 Å². The van der Waals surface area contributed by atoms with E-state index in [2.05, 4.69) is 21.0 Å². The van der Waals surface area contributed by atoms with Gasteiger partial charge in [-0.25, -0.2) is 8.78 Å². The minimum absolute atomic E-state index is 0.159. The predicted molar refractivity (Wildman–Crippen MR) is 120 cm³/mol. The van der Waals surface area contributed by atoms with Crippen molar-refractivity contribution in [3.63, 3.8) is 0 Å². The van der Waals surface area contributed by atoms with Crippen LogP contribution in [0.15, 0.2) is 78.5 Å². The van der Waals surface area contributed by atoms with Crippen LogP contribution in [0.4, 0.5) is 8.78 Å². The SMILES string of the molecule is C1=CN=CCC1.Cc1cc2ccncc2cc1F.Cc1cc2cnccc2cc1F. The lowest BCUT2D eigenvalue weighted by Gasteiger charge is -1.99. The van der Waals surface area contributed by atoms with Crippen LogP contribution in [-0.2, 0) is 0 Å². The number of aromatic nitrogens is 2. The minimum atomic E-state index is -0.171. The molecule has 1 aliphatic heterocycles. The monoisotopic (exact) mass is 403 g/mol. The maximum atomic E-state index is 13.0. The van der Waals surface area contributed by atoms with Crippen molar-refractivity contribution < 1.29 is 8.78 Å².